The van der Waals surface area contributed by atoms with E-state index in [1.54, 1.807) is 31.2 Å². The zero-order chi connectivity index (χ0) is 20.3. The number of nitrogen functional groups attached to an aromatic ring is 1. The summed E-state index contributed by atoms with van der Waals surface area (Å²) in [5, 5.41) is 20.0. The van der Waals surface area contributed by atoms with Gasteiger partial charge >= 0.3 is 0 Å². The Hall–Kier alpha value is -4.25. The number of allylic oxidation sites excluding steroid dienone is 1. The van der Waals surface area contributed by atoms with Crippen molar-refractivity contribution < 1.29 is 9.21 Å². The predicted octanol–water partition coefficient (Wildman–Crippen LogP) is 3.23. The van der Waals surface area contributed by atoms with E-state index in [9.17, 15) is 4.79 Å². The van der Waals surface area contributed by atoms with Crippen molar-refractivity contribution in [2.45, 2.75) is 6.92 Å². The molecule has 0 aliphatic carbocycles. The summed E-state index contributed by atoms with van der Waals surface area (Å²) < 4.78 is 5.13. The number of nitrogens with one attached hydrogen (secondary N) is 2. The second-order valence-electron chi connectivity index (χ2n) is 6.01. The van der Waals surface area contributed by atoms with E-state index in [1.807, 2.05) is 6.07 Å². The number of hydrogen-bond acceptors (Lipinski definition) is 7. The fourth-order valence-corrected chi connectivity index (χ4v) is 2.54. The second kappa shape index (κ2) is 7.55. The first-order chi connectivity index (χ1) is 13.4. The standard InChI is InChI=1S/C20H16N6O2/c1-11(2)14-5-12(7-21)8-25-19(14)20(27)26-13-3-4-16(22)15(6-13)18(23)17-9-24-10-28-17/h3-6,8-10,23H,1,22H2,2H3,(H,26,27). The molecule has 3 rings (SSSR count). The highest BCUT2D eigenvalue weighted by molar-refractivity contribution is 6.13. The molecule has 0 spiro atoms. The van der Waals surface area contributed by atoms with Gasteiger partial charge in [-0.05, 0) is 36.8 Å². The molecule has 0 saturated carbocycles. The Labute approximate surface area is 160 Å². The van der Waals surface area contributed by atoms with E-state index in [4.69, 9.17) is 20.8 Å². The van der Waals surface area contributed by atoms with Gasteiger partial charge < -0.3 is 15.5 Å². The van der Waals surface area contributed by atoms with Gasteiger partial charge in [0.1, 0.15) is 17.5 Å². The first kappa shape index (κ1) is 18.5. The lowest BCUT2D eigenvalue weighted by molar-refractivity contribution is 0.102. The molecule has 0 bridgehead atoms. The van der Waals surface area contributed by atoms with Crippen molar-refractivity contribution in [2.24, 2.45) is 0 Å². The minimum Gasteiger partial charge on any atom is -0.442 e. The summed E-state index contributed by atoms with van der Waals surface area (Å²) >= 11 is 0. The van der Waals surface area contributed by atoms with Crippen LogP contribution in [-0.2, 0) is 0 Å². The van der Waals surface area contributed by atoms with Gasteiger partial charge in [-0.3, -0.25) is 10.2 Å². The number of hydrogen-bond donors (Lipinski definition) is 3. The topological polar surface area (TPSA) is 142 Å². The largest absolute Gasteiger partial charge is 0.442 e. The lowest BCUT2D eigenvalue weighted by Crippen LogP contribution is -2.16. The third-order valence-electron chi connectivity index (χ3n) is 3.95. The molecule has 8 heteroatoms. The molecular weight excluding hydrogens is 356 g/mol. The number of nitriles is 1. The van der Waals surface area contributed by atoms with Gasteiger partial charge in [-0.1, -0.05) is 6.58 Å². The molecule has 0 aliphatic heterocycles. The SMILES string of the molecule is C=C(C)c1cc(C#N)cnc1C(=O)Nc1ccc(N)c(C(=N)c2cnco2)c1. The Bertz CT molecular complexity index is 1130. The van der Waals surface area contributed by atoms with Crippen LogP contribution >= 0.6 is 0 Å². The maximum atomic E-state index is 12.7. The lowest BCUT2D eigenvalue weighted by atomic mass is 10.0. The number of nitrogens with zero attached hydrogens (tertiary/aromatic N) is 3. The number of carbonyl (C=O) groups excluding carboxylic acids is 1. The first-order valence-electron chi connectivity index (χ1n) is 8.15. The molecule has 28 heavy (non-hydrogen) atoms. The summed E-state index contributed by atoms with van der Waals surface area (Å²) in [7, 11) is 0. The molecule has 138 valence electrons. The van der Waals surface area contributed by atoms with Gasteiger partial charge in [-0.2, -0.15) is 5.26 Å². The van der Waals surface area contributed by atoms with Crippen LogP contribution in [0.5, 0.6) is 0 Å². The van der Waals surface area contributed by atoms with Gasteiger partial charge in [-0.15, -0.1) is 0 Å². The number of oxazole rings is 1. The Morgan fingerprint density at radius 3 is 2.75 bits per heavy atom. The number of carbonyl (C=O) groups is 1. The molecule has 0 saturated heterocycles. The Balaban J connectivity index is 1.92. The van der Waals surface area contributed by atoms with Crippen molar-refractivity contribution in [3.63, 3.8) is 0 Å². The normalized spacial score (nSPS) is 10.1. The zero-order valence-corrected chi connectivity index (χ0v) is 15.0. The van der Waals surface area contributed by atoms with E-state index in [0.29, 0.717) is 33.6 Å². The van der Waals surface area contributed by atoms with Crippen molar-refractivity contribution in [2.75, 3.05) is 11.1 Å². The molecular formula is C20H16N6O2. The number of nitrogens with two attached hydrogens (primary N) is 1. The molecule has 2 heterocycles. The molecule has 0 radical (unpaired) electrons. The highest BCUT2D eigenvalue weighted by atomic mass is 16.3. The molecule has 8 nitrogen and oxygen atoms in total. The smallest absolute Gasteiger partial charge is 0.274 e. The molecule has 3 aromatic rings. The van der Waals surface area contributed by atoms with Crippen LogP contribution in [-0.4, -0.2) is 21.6 Å². The highest BCUT2D eigenvalue weighted by Crippen LogP contribution is 2.23. The summed E-state index contributed by atoms with van der Waals surface area (Å²) in [5.41, 5.74) is 8.77. The zero-order valence-electron chi connectivity index (χ0n) is 15.0. The van der Waals surface area contributed by atoms with Crippen molar-refractivity contribution in [3.05, 3.63) is 77.8 Å². The van der Waals surface area contributed by atoms with Crippen molar-refractivity contribution in [1.82, 2.24) is 9.97 Å². The van der Waals surface area contributed by atoms with Crippen molar-refractivity contribution in [1.29, 1.82) is 10.7 Å². The average Bonchev–Trinajstić information content (AvgIpc) is 3.23. The molecule has 1 amide bonds. The van der Waals surface area contributed by atoms with Gasteiger partial charge in [0, 0.05) is 28.7 Å². The summed E-state index contributed by atoms with van der Waals surface area (Å²) in [6, 6.07) is 8.33. The Morgan fingerprint density at radius 1 is 1.32 bits per heavy atom. The van der Waals surface area contributed by atoms with E-state index >= 15 is 0 Å². The van der Waals surface area contributed by atoms with Crippen LogP contribution in [0, 0.1) is 16.7 Å². The molecule has 2 aromatic heterocycles. The van der Waals surface area contributed by atoms with Crippen molar-refractivity contribution >= 4 is 28.6 Å². The maximum absolute atomic E-state index is 12.7. The molecule has 0 atom stereocenters. The number of rotatable bonds is 5. The van der Waals surface area contributed by atoms with Gasteiger partial charge in [0.2, 0.25) is 0 Å². The monoisotopic (exact) mass is 372 g/mol. The van der Waals surface area contributed by atoms with Crippen molar-refractivity contribution in [3.8, 4) is 6.07 Å². The molecule has 4 N–H and O–H groups in total. The summed E-state index contributed by atoms with van der Waals surface area (Å²) in [6.45, 7) is 5.57. The van der Waals surface area contributed by atoms with E-state index in [2.05, 4.69) is 21.9 Å². The van der Waals surface area contributed by atoms with E-state index in [0.717, 1.165) is 0 Å². The summed E-state index contributed by atoms with van der Waals surface area (Å²) in [6.07, 6.45) is 3.96. The van der Waals surface area contributed by atoms with Crippen LogP contribution in [0.1, 0.15) is 39.9 Å². The van der Waals surface area contributed by atoms with E-state index < -0.39 is 5.91 Å². The summed E-state index contributed by atoms with van der Waals surface area (Å²) in [4.78, 5) is 20.6. The van der Waals surface area contributed by atoms with Gasteiger partial charge in [0.15, 0.2) is 12.2 Å². The second-order valence-corrected chi connectivity index (χ2v) is 6.01. The third kappa shape index (κ3) is 3.64. The predicted molar refractivity (Wildman–Crippen MR) is 105 cm³/mol. The van der Waals surface area contributed by atoms with Crippen LogP contribution in [0.4, 0.5) is 11.4 Å². The summed E-state index contributed by atoms with van der Waals surface area (Å²) in [5.74, 6) is -0.210. The number of benzene rings is 1. The maximum Gasteiger partial charge on any atom is 0.274 e. The third-order valence-corrected chi connectivity index (χ3v) is 3.95. The number of pyridine rings is 1. The fourth-order valence-electron chi connectivity index (χ4n) is 2.54. The number of anilines is 2. The van der Waals surface area contributed by atoms with E-state index in [-0.39, 0.29) is 17.2 Å². The number of amides is 1. The molecule has 0 unspecified atom stereocenters. The molecule has 0 aliphatic rings. The number of aromatic nitrogens is 2. The van der Waals surface area contributed by atoms with E-state index in [1.165, 1.54) is 18.8 Å². The Morgan fingerprint density at radius 2 is 2.11 bits per heavy atom. The minimum atomic E-state index is -0.468. The van der Waals surface area contributed by atoms with Gasteiger partial charge in [-0.25, -0.2) is 9.97 Å². The first-order valence-corrected chi connectivity index (χ1v) is 8.15. The Kier molecular flexibility index (Phi) is 5.00. The highest BCUT2D eigenvalue weighted by Gasteiger charge is 2.17. The molecule has 1 aromatic carbocycles. The fraction of sp³-hybridized carbons (Fsp3) is 0.0500. The van der Waals surface area contributed by atoms with Crippen LogP contribution < -0.4 is 11.1 Å². The van der Waals surface area contributed by atoms with Crippen LogP contribution in [0.15, 0.2) is 54.0 Å². The van der Waals surface area contributed by atoms with Crippen LogP contribution in [0.3, 0.4) is 0 Å². The molecule has 0 fully saturated rings. The lowest BCUT2D eigenvalue weighted by Gasteiger charge is -2.12. The van der Waals surface area contributed by atoms with Gasteiger partial charge in [0.05, 0.1) is 11.8 Å². The average molecular weight is 372 g/mol. The minimum absolute atomic E-state index is 0.0465. The van der Waals surface area contributed by atoms with Crippen LogP contribution in [0.25, 0.3) is 5.57 Å². The quantitative estimate of drug-likeness (QED) is 0.464. The van der Waals surface area contributed by atoms with Gasteiger partial charge in [0.25, 0.3) is 5.91 Å². The van der Waals surface area contributed by atoms with Crippen LogP contribution in [0.2, 0.25) is 0 Å².